The fraction of sp³-hybridized carbons (Fsp3) is 0.467. The number of hydrogen-bond donors (Lipinski definition) is 2. The molecule has 2 aliphatic rings. The van der Waals surface area contributed by atoms with E-state index < -0.39 is 6.04 Å². The highest BCUT2D eigenvalue weighted by atomic mass is 16.2. The maximum absolute atomic E-state index is 11.7. The molecule has 7 heteroatoms. The van der Waals surface area contributed by atoms with Crippen molar-refractivity contribution in [1.29, 1.82) is 0 Å². The van der Waals surface area contributed by atoms with Gasteiger partial charge in [-0.05, 0) is 25.0 Å². The van der Waals surface area contributed by atoms with Crippen LogP contribution in [0.15, 0.2) is 18.3 Å². The summed E-state index contributed by atoms with van der Waals surface area (Å²) in [4.78, 5) is 40.0. The first-order valence-corrected chi connectivity index (χ1v) is 7.42. The number of imide groups is 1. The van der Waals surface area contributed by atoms with Gasteiger partial charge in [-0.2, -0.15) is 0 Å². The van der Waals surface area contributed by atoms with Gasteiger partial charge in [0.2, 0.25) is 11.8 Å². The van der Waals surface area contributed by atoms with E-state index in [4.69, 9.17) is 0 Å². The number of aldehydes is 1. The lowest BCUT2D eigenvalue weighted by Crippen LogP contribution is -2.47. The second-order valence-electron chi connectivity index (χ2n) is 5.68. The molecule has 0 bridgehead atoms. The fourth-order valence-corrected chi connectivity index (χ4v) is 2.80. The largest absolute Gasteiger partial charge is 0.370 e. The molecule has 2 amide bonds. The lowest BCUT2D eigenvalue weighted by molar-refractivity contribution is -0.133. The summed E-state index contributed by atoms with van der Waals surface area (Å²) in [5, 5.41) is 5.35. The van der Waals surface area contributed by atoms with E-state index >= 15 is 0 Å². The van der Waals surface area contributed by atoms with Gasteiger partial charge in [0, 0.05) is 25.4 Å². The van der Waals surface area contributed by atoms with Crippen LogP contribution in [0.4, 0.5) is 11.5 Å². The summed E-state index contributed by atoms with van der Waals surface area (Å²) in [5.41, 5.74) is 0.971. The molecular weight excluding hydrogens is 284 g/mol. The summed E-state index contributed by atoms with van der Waals surface area (Å²) in [6.07, 6.45) is 4.43. The second kappa shape index (κ2) is 6.13. The van der Waals surface area contributed by atoms with Crippen LogP contribution >= 0.6 is 0 Å². The van der Waals surface area contributed by atoms with Gasteiger partial charge in [0.25, 0.3) is 0 Å². The molecule has 2 fully saturated rings. The van der Waals surface area contributed by atoms with Crippen LogP contribution in [0, 0.1) is 5.92 Å². The summed E-state index contributed by atoms with van der Waals surface area (Å²) in [5.74, 6) is 0.159. The van der Waals surface area contributed by atoms with E-state index in [1.54, 1.807) is 6.20 Å². The van der Waals surface area contributed by atoms with Gasteiger partial charge in [0.1, 0.15) is 18.1 Å². The standard InChI is InChI=1S/C15H18N4O3/c20-9-10-5-6-19(8-10)11-1-3-13(16-7-11)17-12-2-4-14(21)18-15(12)22/h1,3,7,9-10,12H,2,4-6,8H2,(H,16,17)(H,18,21,22). The van der Waals surface area contributed by atoms with Crippen molar-refractivity contribution in [2.24, 2.45) is 5.92 Å². The van der Waals surface area contributed by atoms with Crippen molar-refractivity contribution in [1.82, 2.24) is 10.3 Å². The Hall–Kier alpha value is -2.44. The summed E-state index contributed by atoms with van der Waals surface area (Å²) in [6, 6.07) is 3.31. The first-order valence-electron chi connectivity index (χ1n) is 7.42. The number of aromatic nitrogens is 1. The molecule has 2 N–H and O–H groups in total. The Labute approximate surface area is 128 Å². The smallest absolute Gasteiger partial charge is 0.249 e. The molecule has 0 spiro atoms. The first-order chi connectivity index (χ1) is 10.7. The molecule has 2 aliphatic heterocycles. The number of hydrogen-bond acceptors (Lipinski definition) is 6. The van der Waals surface area contributed by atoms with Crippen LogP contribution < -0.4 is 15.5 Å². The van der Waals surface area contributed by atoms with Gasteiger partial charge >= 0.3 is 0 Å². The second-order valence-corrected chi connectivity index (χ2v) is 5.68. The van der Waals surface area contributed by atoms with Crippen LogP contribution in [0.1, 0.15) is 19.3 Å². The summed E-state index contributed by atoms with van der Waals surface area (Å²) in [7, 11) is 0. The van der Waals surface area contributed by atoms with Crippen LogP contribution in [0.3, 0.4) is 0 Å². The first kappa shape index (κ1) is 14.5. The van der Waals surface area contributed by atoms with Crippen molar-refractivity contribution in [3.8, 4) is 0 Å². The molecule has 1 aromatic heterocycles. The van der Waals surface area contributed by atoms with Crippen LogP contribution in [-0.4, -0.2) is 42.2 Å². The SMILES string of the molecule is O=CC1CCN(c2ccc(NC3CCC(=O)NC3=O)nc2)C1. The number of anilines is 2. The number of amides is 2. The van der Waals surface area contributed by atoms with Gasteiger partial charge in [0.15, 0.2) is 0 Å². The minimum atomic E-state index is -0.428. The van der Waals surface area contributed by atoms with E-state index in [0.717, 1.165) is 31.5 Å². The van der Waals surface area contributed by atoms with Gasteiger partial charge in [0.05, 0.1) is 11.9 Å². The molecule has 2 saturated heterocycles. The van der Waals surface area contributed by atoms with Crippen molar-refractivity contribution in [3.63, 3.8) is 0 Å². The Bertz CT molecular complexity index is 587. The molecule has 116 valence electrons. The zero-order valence-corrected chi connectivity index (χ0v) is 12.1. The predicted octanol–water partition coefficient (Wildman–Crippen LogP) is 0.324. The van der Waals surface area contributed by atoms with Gasteiger partial charge in [-0.3, -0.25) is 14.9 Å². The molecule has 0 aliphatic carbocycles. The molecule has 0 saturated carbocycles. The van der Waals surface area contributed by atoms with Crippen molar-refractivity contribution >= 4 is 29.6 Å². The Morgan fingerprint density at radius 3 is 2.82 bits per heavy atom. The Kier molecular flexibility index (Phi) is 4.04. The molecule has 2 atom stereocenters. The monoisotopic (exact) mass is 302 g/mol. The van der Waals surface area contributed by atoms with Gasteiger partial charge in [-0.15, -0.1) is 0 Å². The van der Waals surface area contributed by atoms with E-state index in [1.807, 2.05) is 12.1 Å². The van der Waals surface area contributed by atoms with E-state index in [0.29, 0.717) is 18.7 Å². The quantitative estimate of drug-likeness (QED) is 0.615. The zero-order chi connectivity index (χ0) is 15.5. The number of nitrogens with one attached hydrogen (secondary N) is 2. The average Bonchev–Trinajstić information content (AvgIpc) is 3.00. The summed E-state index contributed by atoms with van der Waals surface area (Å²) >= 11 is 0. The third-order valence-electron chi connectivity index (χ3n) is 4.09. The molecule has 3 rings (SSSR count). The Morgan fingerprint density at radius 2 is 2.18 bits per heavy atom. The van der Waals surface area contributed by atoms with Crippen molar-refractivity contribution < 1.29 is 14.4 Å². The zero-order valence-electron chi connectivity index (χ0n) is 12.1. The topological polar surface area (TPSA) is 91.4 Å². The third-order valence-corrected chi connectivity index (χ3v) is 4.09. The lowest BCUT2D eigenvalue weighted by atomic mass is 10.1. The van der Waals surface area contributed by atoms with Gasteiger partial charge in [-0.1, -0.05) is 0 Å². The Balaban J connectivity index is 1.61. The van der Waals surface area contributed by atoms with Gasteiger partial charge < -0.3 is 15.0 Å². The number of carbonyl (C=O) groups is 3. The van der Waals surface area contributed by atoms with Crippen LogP contribution in [0.25, 0.3) is 0 Å². The molecule has 3 heterocycles. The maximum atomic E-state index is 11.7. The van der Waals surface area contributed by atoms with Crippen molar-refractivity contribution in [2.45, 2.75) is 25.3 Å². The third kappa shape index (κ3) is 3.08. The van der Waals surface area contributed by atoms with Crippen LogP contribution in [0.5, 0.6) is 0 Å². The highest BCUT2D eigenvalue weighted by Gasteiger charge is 2.27. The van der Waals surface area contributed by atoms with Crippen LogP contribution in [0.2, 0.25) is 0 Å². The van der Waals surface area contributed by atoms with Crippen molar-refractivity contribution in [2.75, 3.05) is 23.3 Å². The molecule has 22 heavy (non-hydrogen) atoms. The highest BCUT2D eigenvalue weighted by Crippen LogP contribution is 2.23. The number of pyridine rings is 1. The molecule has 7 nitrogen and oxygen atoms in total. The van der Waals surface area contributed by atoms with Gasteiger partial charge in [-0.25, -0.2) is 4.98 Å². The Morgan fingerprint density at radius 1 is 1.32 bits per heavy atom. The molecule has 0 aromatic carbocycles. The minimum absolute atomic E-state index is 0.0984. The van der Waals surface area contributed by atoms with E-state index in [2.05, 4.69) is 20.5 Å². The molecule has 0 radical (unpaired) electrons. The molecule has 1 aromatic rings. The lowest BCUT2D eigenvalue weighted by Gasteiger charge is -2.23. The van der Waals surface area contributed by atoms with Crippen LogP contribution in [-0.2, 0) is 14.4 Å². The average molecular weight is 302 g/mol. The number of carbonyl (C=O) groups excluding carboxylic acids is 3. The summed E-state index contributed by atoms with van der Waals surface area (Å²) in [6.45, 7) is 1.58. The maximum Gasteiger partial charge on any atom is 0.249 e. The highest BCUT2D eigenvalue weighted by molar-refractivity contribution is 6.01. The van der Waals surface area contributed by atoms with E-state index in [1.165, 1.54) is 0 Å². The molecular formula is C15H18N4O3. The number of piperidine rings is 1. The van der Waals surface area contributed by atoms with E-state index in [-0.39, 0.29) is 17.7 Å². The minimum Gasteiger partial charge on any atom is -0.370 e. The number of nitrogens with zero attached hydrogens (tertiary/aromatic N) is 2. The fourth-order valence-electron chi connectivity index (χ4n) is 2.80. The number of rotatable bonds is 4. The predicted molar refractivity (Wildman–Crippen MR) is 80.4 cm³/mol. The summed E-state index contributed by atoms with van der Waals surface area (Å²) < 4.78 is 0. The van der Waals surface area contributed by atoms with Crippen molar-refractivity contribution in [3.05, 3.63) is 18.3 Å². The van der Waals surface area contributed by atoms with E-state index in [9.17, 15) is 14.4 Å². The normalized spacial score (nSPS) is 25.0. The molecule has 2 unspecified atom stereocenters.